The molecule has 0 aliphatic rings. The molecule has 0 saturated heterocycles. The van der Waals surface area contributed by atoms with Crippen molar-refractivity contribution in [2.45, 2.75) is 39.7 Å². The van der Waals surface area contributed by atoms with Gasteiger partial charge in [0.15, 0.2) is 0 Å². The molecule has 0 spiro atoms. The maximum Gasteiger partial charge on any atom is 0.124 e. The second kappa shape index (κ2) is 5.28. The number of halogens is 2. The van der Waals surface area contributed by atoms with Crippen molar-refractivity contribution in [2.24, 2.45) is 11.1 Å². The third-order valence-corrected chi connectivity index (χ3v) is 2.94. The Balaban J connectivity index is 2.79. The second-order valence-electron chi connectivity index (χ2n) is 5.30. The quantitative estimate of drug-likeness (QED) is 0.893. The molecule has 1 unspecified atom stereocenters. The lowest BCUT2D eigenvalue weighted by atomic mass is 9.80. The van der Waals surface area contributed by atoms with Crippen LogP contribution >= 0.6 is 15.9 Å². The molecule has 0 aliphatic carbocycles. The van der Waals surface area contributed by atoms with E-state index in [4.69, 9.17) is 5.73 Å². The first kappa shape index (κ1) is 13.7. The molecule has 1 atom stereocenters. The first-order chi connectivity index (χ1) is 7.28. The largest absolute Gasteiger partial charge is 0.328 e. The Hall–Kier alpha value is -0.410. The fraction of sp³-hybridized carbons (Fsp3) is 0.538. The molecular weight excluding hydrogens is 269 g/mol. The number of nitrogens with two attached hydrogens (primary N) is 1. The molecule has 2 N–H and O–H groups in total. The molecule has 1 rings (SSSR count). The highest BCUT2D eigenvalue weighted by Gasteiger charge is 2.20. The van der Waals surface area contributed by atoms with Crippen LogP contribution in [-0.2, 0) is 6.42 Å². The Bertz CT molecular complexity index is 341. The van der Waals surface area contributed by atoms with Crippen LogP contribution in [0.15, 0.2) is 22.7 Å². The summed E-state index contributed by atoms with van der Waals surface area (Å²) < 4.78 is 14.0. The van der Waals surface area contributed by atoms with Crippen molar-refractivity contribution in [3.05, 3.63) is 34.1 Å². The van der Waals surface area contributed by atoms with Crippen molar-refractivity contribution in [3.63, 3.8) is 0 Å². The molecule has 1 nitrogen and oxygen atoms in total. The standard InChI is InChI=1S/C13H19BrFN/c1-9(16)7-13(2,3)8-10-4-11(14)6-12(15)5-10/h4-6,9H,7-8,16H2,1-3H3. The van der Waals surface area contributed by atoms with Gasteiger partial charge in [0.05, 0.1) is 0 Å². The molecule has 0 saturated carbocycles. The van der Waals surface area contributed by atoms with E-state index in [9.17, 15) is 4.39 Å². The number of hydrogen-bond donors (Lipinski definition) is 1. The van der Waals surface area contributed by atoms with Gasteiger partial charge in [0.25, 0.3) is 0 Å². The SMILES string of the molecule is CC(N)CC(C)(C)Cc1cc(F)cc(Br)c1. The second-order valence-corrected chi connectivity index (χ2v) is 6.22. The summed E-state index contributed by atoms with van der Waals surface area (Å²) >= 11 is 3.31. The van der Waals surface area contributed by atoms with E-state index in [0.717, 1.165) is 22.9 Å². The van der Waals surface area contributed by atoms with E-state index in [1.54, 1.807) is 6.07 Å². The topological polar surface area (TPSA) is 26.0 Å². The third-order valence-electron chi connectivity index (χ3n) is 2.48. The van der Waals surface area contributed by atoms with E-state index in [0.29, 0.717) is 0 Å². The van der Waals surface area contributed by atoms with E-state index in [2.05, 4.69) is 29.8 Å². The molecule has 0 aromatic heterocycles. The average Bonchev–Trinajstić information content (AvgIpc) is 1.95. The van der Waals surface area contributed by atoms with Crippen molar-refractivity contribution >= 4 is 15.9 Å². The van der Waals surface area contributed by atoms with Crippen LogP contribution in [-0.4, -0.2) is 6.04 Å². The van der Waals surface area contributed by atoms with Crippen molar-refractivity contribution in [1.29, 1.82) is 0 Å². The van der Waals surface area contributed by atoms with E-state index in [1.165, 1.54) is 6.07 Å². The van der Waals surface area contributed by atoms with Gasteiger partial charge in [-0.3, -0.25) is 0 Å². The van der Waals surface area contributed by atoms with Crippen LogP contribution in [0.4, 0.5) is 4.39 Å². The predicted molar refractivity (Wildman–Crippen MR) is 69.9 cm³/mol. The lowest BCUT2D eigenvalue weighted by Gasteiger charge is -2.26. The lowest BCUT2D eigenvalue weighted by molar-refractivity contribution is 0.309. The molecule has 90 valence electrons. The van der Waals surface area contributed by atoms with Gasteiger partial charge in [-0.05, 0) is 48.9 Å². The summed E-state index contributed by atoms with van der Waals surface area (Å²) in [6.45, 7) is 6.33. The van der Waals surface area contributed by atoms with Crippen LogP contribution in [0.3, 0.4) is 0 Å². The van der Waals surface area contributed by atoms with Gasteiger partial charge in [0, 0.05) is 10.5 Å². The van der Waals surface area contributed by atoms with E-state index < -0.39 is 0 Å². The minimum atomic E-state index is -0.194. The number of hydrogen-bond acceptors (Lipinski definition) is 1. The molecule has 1 aromatic carbocycles. The Morgan fingerprint density at radius 1 is 1.38 bits per heavy atom. The smallest absolute Gasteiger partial charge is 0.124 e. The Morgan fingerprint density at radius 2 is 2.00 bits per heavy atom. The van der Waals surface area contributed by atoms with Gasteiger partial charge in [0.1, 0.15) is 5.82 Å². The van der Waals surface area contributed by atoms with Gasteiger partial charge >= 0.3 is 0 Å². The van der Waals surface area contributed by atoms with E-state index in [-0.39, 0.29) is 17.3 Å². The van der Waals surface area contributed by atoms with Crippen LogP contribution in [0.25, 0.3) is 0 Å². The summed E-state index contributed by atoms with van der Waals surface area (Å²) in [5.41, 5.74) is 6.92. The van der Waals surface area contributed by atoms with Crippen molar-refractivity contribution in [1.82, 2.24) is 0 Å². The normalized spacial score (nSPS) is 13.9. The molecule has 16 heavy (non-hydrogen) atoms. The van der Waals surface area contributed by atoms with Crippen molar-refractivity contribution < 1.29 is 4.39 Å². The molecule has 0 radical (unpaired) electrons. The van der Waals surface area contributed by atoms with E-state index in [1.807, 2.05) is 13.0 Å². The molecular formula is C13H19BrFN. The molecule has 0 amide bonds. The summed E-state index contributed by atoms with van der Waals surface area (Å²) in [6, 6.07) is 5.20. The zero-order valence-corrected chi connectivity index (χ0v) is 11.6. The highest BCUT2D eigenvalue weighted by molar-refractivity contribution is 9.10. The summed E-state index contributed by atoms with van der Waals surface area (Å²) in [6.07, 6.45) is 1.77. The van der Waals surface area contributed by atoms with Crippen LogP contribution < -0.4 is 5.73 Å². The summed E-state index contributed by atoms with van der Waals surface area (Å²) in [4.78, 5) is 0. The lowest BCUT2D eigenvalue weighted by Crippen LogP contribution is -2.26. The number of benzene rings is 1. The maximum atomic E-state index is 13.2. The summed E-state index contributed by atoms with van der Waals surface area (Å²) in [5.74, 6) is -0.194. The zero-order valence-electron chi connectivity index (χ0n) is 10.1. The van der Waals surface area contributed by atoms with Gasteiger partial charge in [-0.25, -0.2) is 4.39 Å². The molecule has 0 bridgehead atoms. The summed E-state index contributed by atoms with van der Waals surface area (Å²) in [5, 5.41) is 0. The highest BCUT2D eigenvalue weighted by Crippen LogP contribution is 2.28. The first-order valence-electron chi connectivity index (χ1n) is 5.49. The minimum absolute atomic E-state index is 0.0986. The fourth-order valence-electron chi connectivity index (χ4n) is 2.21. The zero-order chi connectivity index (χ0) is 12.3. The maximum absolute atomic E-state index is 13.2. The van der Waals surface area contributed by atoms with Crippen molar-refractivity contribution in [3.8, 4) is 0 Å². The van der Waals surface area contributed by atoms with Crippen LogP contribution in [0.1, 0.15) is 32.8 Å². The molecule has 0 heterocycles. The molecule has 3 heteroatoms. The Kier molecular flexibility index (Phi) is 4.51. The van der Waals surface area contributed by atoms with Gasteiger partial charge in [-0.1, -0.05) is 29.8 Å². The third kappa shape index (κ3) is 4.62. The van der Waals surface area contributed by atoms with Crippen molar-refractivity contribution in [2.75, 3.05) is 0 Å². The Morgan fingerprint density at radius 3 is 2.50 bits per heavy atom. The van der Waals surface area contributed by atoms with Gasteiger partial charge < -0.3 is 5.73 Å². The summed E-state index contributed by atoms with van der Waals surface area (Å²) in [7, 11) is 0. The Labute approximate surface area is 105 Å². The number of rotatable bonds is 4. The predicted octanol–water partition coefficient (Wildman–Crippen LogP) is 3.89. The minimum Gasteiger partial charge on any atom is -0.328 e. The first-order valence-corrected chi connectivity index (χ1v) is 6.28. The monoisotopic (exact) mass is 287 g/mol. The molecule has 0 aliphatic heterocycles. The van der Waals surface area contributed by atoms with Gasteiger partial charge in [0.2, 0.25) is 0 Å². The van der Waals surface area contributed by atoms with Gasteiger partial charge in [-0.2, -0.15) is 0 Å². The fourth-order valence-corrected chi connectivity index (χ4v) is 2.72. The van der Waals surface area contributed by atoms with Crippen LogP contribution in [0.2, 0.25) is 0 Å². The molecule has 1 aromatic rings. The van der Waals surface area contributed by atoms with Crippen LogP contribution in [0.5, 0.6) is 0 Å². The van der Waals surface area contributed by atoms with Gasteiger partial charge in [-0.15, -0.1) is 0 Å². The highest BCUT2D eigenvalue weighted by atomic mass is 79.9. The average molecular weight is 288 g/mol. The van der Waals surface area contributed by atoms with Crippen LogP contribution in [0, 0.1) is 11.2 Å². The van der Waals surface area contributed by atoms with E-state index >= 15 is 0 Å². The molecule has 0 fully saturated rings.